The number of pyridine rings is 1. The fourth-order valence-corrected chi connectivity index (χ4v) is 6.31. The number of hydrogen-bond donors (Lipinski definition) is 1. The molecule has 1 fully saturated rings. The molecule has 0 bridgehead atoms. The first-order valence-corrected chi connectivity index (χ1v) is 15.0. The van der Waals surface area contributed by atoms with Crippen LogP contribution in [-0.2, 0) is 27.4 Å². The van der Waals surface area contributed by atoms with Gasteiger partial charge in [0.05, 0.1) is 34.9 Å². The smallest absolute Gasteiger partial charge is 0.378 e. The third-order valence-electron chi connectivity index (χ3n) is 7.11. The molecule has 0 unspecified atom stereocenters. The quantitative estimate of drug-likeness (QED) is 0.255. The summed E-state index contributed by atoms with van der Waals surface area (Å²) in [5.74, 6) is 1.54. The topological polar surface area (TPSA) is 102 Å². The van der Waals surface area contributed by atoms with Crippen molar-refractivity contribution in [1.29, 1.82) is 0 Å². The monoisotopic (exact) mass is 608 g/mol. The summed E-state index contributed by atoms with van der Waals surface area (Å²) < 4.78 is 72.3. The maximum Gasteiger partial charge on any atom is 0.417 e. The molecule has 6 rings (SSSR count). The van der Waals surface area contributed by atoms with Gasteiger partial charge in [-0.05, 0) is 36.4 Å². The van der Waals surface area contributed by atoms with E-state index in [2.05, 4.69) is 15.2 Å². The lowest BCUT2D eigenvalue weighted by molar-refractivity contribution is -0.137. The zero-order valence-corrected chi connectivity index (χ0v) is 23.6. The van der Waals surface area contributed by atoms with E-state index in [1.807, 2.05) is 12.1 Å². The molecule has 0 aliphatic carbocycles. The van der Waals surface area contributed by atoms with Crippen LogP contribution in [0.1, 0.15) is 11.4 Å². The van der Waals surface area contributed by atoms with Crippen molar-refractivity contribution in [3.63, 3.8) is 0 Å². The number of aromatic nitrogens is 4. The molecule has 43 heavy (non-hydrogen) atoms. The van der Waals surface area contributed by atoms with Crippen molar-refractivity contribution in [1.82, 2.24) is 18.9 Å². The number of hydrogen-bond acceptors (Lipinski definition) is 8. The van der Waals surface area contributed by atoms with Crippen molar-refractivity contribution in [2.24, 2.45) is 0 Å². The molecule has 1 saturated heterocycles. The van der Waals surface area contributed by atoms with Crippen LogP contribution in [0.15, 0.2) is 90.1 Å². The van der Waals surface area contributed by atoms with E-state index in [4.69, 9.17) is 14.7 Å². The van der Waals surface area contributed by atoms with Crippen molar-refractivity contribution in [3.05, 3.63) is 96.6 Å². The summed E-state index contributed by atoms with van der Waals surface area (Å²) in [6, 6.07) is 19.6. The molecule has 5 aromatic rings. The standard InChI is InChI=1S/C30H27F3N6O3S/c31-30(32,33)21-9-10-27(35-20-21)34-13-11-28-36-25(19-29(37-28)38-15-17-42-18-16-38)23-7-4-8-26-24(23)12-14-39(26)43(40,41)22-5-2-1-3-6-22/h1-10,12,14,19-20H,11,13,15-18H2,(H,34,35). The van der Waals surface area contributed by atoms with Gasteiger partial charge < -0.3 is 15.0 Å². The van der Waals surface area contributed by atoms with Gasteiger partial charge in [-0.25, -0.2) is 27.3 Å². The highest BCUT2D eigenvalue weighted by Crippen LogP contribution is 2.32. The number of nitrogens with one attached hydrogen (secondary N) is 1. The number of halogens is 3. The maximum absolute atomic E-state index is 13.4. The number of nitrogens with zero attached hydrogens (tertiary/aromatic N) is 5. The average Bonchev–Trinajstić information content (AvgIpc) is 3.47. The Kier molecular flexibility index (Phi) is 7.75. The molecule has 2 aromatic carbocycles. The third kappa shape index (κ3) is 6.04. The molecule has 3 aromatic heterocycles. The van der Waals surface area contributed by atoms with Gasteiger partial charge >= 0.3 is 6.18 Å². The Morgan fingerprint density at radius 1 is 0.930 bits per heavy atom. The molecule has 1 aliphatic rings. The third-order valence-corrected chi connectivity index (χ3v) is 8.82. The van der Waals surface area contributed by atoms with Gasteiger partial charge in [0.1, 0.15) is 17.5 Å². The Morgan fingerprint density at radius 2 is 1.72 bits per heavy atom. The van der Waals surface area contributed by atoms with Gasteiger partial charge in [-0.15, -0.1) is 0 Å². The van der Waals surface area contributed by atoms with Gasteiger partial charge in [0.15, 0.2) is 0 Å². The summed E-state index contributed by atoms with van der Waals surface area (Å²) in [5.41, 5.74) is 1.07. The van der Waals surface area contributed by atoms with E-state index in [9.17, 15) is 21.6 Å². The highest BCUT2D eigenvalue weighted by atomic mass is 32.2. The van der Waals surface area contributed by atoms with Crippen LogP contribution in [0.3, 0.4) is 0 Å². The SMILES string of the molecule is O=S(=O)(c1ccccc1)n1ccc2c(-c3cc(N4CCOCC4)nc(CCNc4ccc(C(F)(F)F)cn4)n3)cccc21. The summed E-state index contributed by atoms with van der Waals surface area (Å²) in [7, 11) is -3.82. The van der Waals surface area contributed by atoms with E-state index in [0.29, 0.717) is 73.3 Å². The lowest BCUT2D eigenvalue weighted by Crippen LogP contribution is -2.37. The molecular formula is C30H27F3N6O3S. The van der Waals surface area contributed by atoms with Crippen molar-refractivity contribution < 1.29 is 26.3 Å². The van der Waals surface area contributed by atoms with Gasteiger partial charge in [-0.2, -0.15) is 13.2 Å². The molecule has 0 saturated carbocycles. The van der Waals surface area contributed by atoms with Crippen molar-refractivity contribution in [3.8, 4) is 11.3 Å². The molecule has 0 atom stereocenters. The van der Waals surface area contributed by atoms with Crippen LogP contribution < -0.4 is 10.2 Å². The van der Waals surface area contributed by atoms with Crippen LogP contribution in [0.2, 0.25) is 0 Å². The Morgan fingerprint density at radius 3 is 2.44 bits per heavy atom. The molecule has 1 aliphatic heterocycles. The van der Waals surface area contributed by atoms with Gasteiger partial charge in [-0.3, -0.25) is 0 Å². The van der Waals surface area contributed by atoms with E-state index in [1.54, 1.807) is 54.7 Å². The molecular weight excluding hydrogens is 581 g/mol. The zero-order chi connectivity index (χ0) is 30.0. The number of anilines is 2. The minimum atomic E-state index is -4.45. The number of alkyl halides is 3. The van der Waals surface area contributed by atoms with Crippen LogP contribution in [0.5, 0.6) is 0 Å². The Bertz CT molecular complexity index is 1840. The number of rotatable bonds is 8. The maximum atomic E-state index is 13.4. The van der Waals surface area contributed by atoms with Crippen LogP contribution in [0, 0.1) is 0 Å². The number of morpholine rings is 1. The lowest BCUT2D eigenvalue weighted by atomic mass is 10.1. The van der Waals surface area contributed by atoms with E-state index < -0.39 is 21.8 Å². The summed E-state index contributed by atoms with van der Waals surface area (Å²) in [5, 5.41) is 3.75. The molecule has 0 spiro atoms. The Labute approximate surface area is 246 Å². The summed E-state index contributed by atoms with van der Waals surface area (Å²) in [4.78, 5) is 15.7. The minimum absolute atomic E-state index is 0.187. The minimum Gasteiger partial charge on any atom is -0.378 e. The van der Waals surface area contributed by atoms with Crippen LogP contribution in [0.25, 0.3) is 22.2 Å². The largest absolute Gasteiger partial charge is 0.417 e. The fraction of sp³-hybridized carbons (Fsp3) is 0.233. The average molecular weight is 609 g/mol. The molecule has 13 heteroatoms. The predicted octanol–water partition coefficient (Wildman–Crippen LogP) is 5.24. The number of fused-ring (bicyclic) bond motifs is 1. The normalized spacial score (nSPS) is 14.3. The van der Waals surface area contributed by atoms with Gasteiger partial charge in [-0.1, -0.05) is 30.3 Å². The zero-order valence-electron chi connectivity index (χ0n) is 22.8. The molecule has 0 radical (unpaired) electrons. The predicted molar refractivity (Wildman–Crippen MR) is 156 cm³/mol. The molecule has 0 amide bonds. The lowest BCUT2D eigenvalue weighted by Gasteiger charge is -2.28. The van der Waals surface area contributed by atoms with E-state index in [-0.39, 0.29) is 4.90 Å². The fourth-order valence-electron chi connectivity index (χ4n) is 4.94. The molecule has 9 nitrogen and oxygen atoms in total. The van der Waals surface area contributed by atoms with Crippen LogP contribution in [-0.4, -0.2) is 60.2 Å². The summed E-state index contributed by atoms with van der Waals surface area (Å²) in [6.45, 7) is 2.76. The number of ether oxygens (including phenoxy) is 1. The van der Waals surface area contributed by atoms with Crippen LogP contribution in [0.4, 0.5) is 24.8 Å². The second-order valence-corrected chi connectivity index (χ2v) is 11.7. The summed E-state index contributed by atoms with van der Waals surface area (Å²) in [6.07, 6.45) is -1.75. The second-order valence-electron chi connectivity index (χ2n) is 9.90. The van der Waals surface area contributed by atoms with Crippen LogP contribution >= 0.6 is 0 Å². The second kappa shape index (κ2) is 11.7. The van der Waals surface area contributed by atoms with Gasteiger partial charge in [0.25, 0.3) is 10.0 Å². The highest BCUT2D eigenvalue weighted by Gasteiger charge is 2.30. The van der Waals surface area contributed by atoms with E-state index in [0.717, 1.165) is 17.8 Å². The Balaban J connectivity index is 1.32. The van der Waals surface area contributed by atoms with E-state index in [1.165, 1.54) is 10.0 Å². The summed E-state index contributed by atoms with van der Waals surface area (Å²) >= 11 is 0. The van der Waals surface area contributed by atoms with E-state index >= 15 is 0 Å². The first kappa shape index (κ1) is 28.6. The molecule has 4 heterocycles. The number of benzene rings is 2. The first-order valence-electron chi connectivity index (χ1n) is 13.6. The highest BCUT2D eigenvalue weighted by molar-refractivity contribution is 7.90. The Hall–Kier alpha value is -4.49. The molecule has 1 N–H and O–H groups in total. The van der Waals surface area contributed by atoms with Crippen molar-refractivity contribution >= 4 is 32.6 Å². The van der Waals surface area contributed by atoms with Crippen molar-refractivity contribution in [2.45, 2.75) is 17.5 Å². The first-order chi connectivity index (χ1) is 20.7. The van der Waals surface area contributed by atoms with Gasteiger partial charge in [0.2, 0.25) is 0 Å². The molecule has 222 valence electrons. The van der Waals surface area contributed by atoms with Crippen molar-refractivity contribution in [2.75, 3.05) is 43.1 Å². The van der Waals surface area contributed by atoms with Gasteiger partial charge in [0, 0.05) is 55.5 Å².